The van der Waals surface area contributed by atoms with Crippen LogP contribution in [0.3, 0.4) is 0 Å². The number of rotatable bonds is 5. The molecule has 0 aliphatic carbocycles. The van der Waals surface area contributed by atoms with E-state index in [1.54, 1.807) is 43.3 Å². The Hall–Kier alpha value is -3.46. The van der Waals surface area contributed by atoms with E-state index in [9.17, 15) is 9.59 Å². The number of benzene rings is 1. The van der Waals surface area contributed by atoms with Gasteiger partial charge in [-0.2, -0.15) is 15.1 Å². The maximum atomic E-state index is 12.5. The third kappa shape index (κ3) is 4.09. The number of nitrogens with one attached hydrogen (secondary N) is 1. The number of amides is 1. The summed E-state index contributed by atoms with van der Waals surface area (Å²) >= 11 is 1.31. The van der Waals surface area contributed by atoms with E-state index in [4.69, 9.17) is 14.6 Å². The van der Waals surface area contributed by atoms with Crippen LogP contribution in [0.5, 0.6) is 0 Å². The molecule has 8 nitrogen and oxygen atoms in total. The number of esters is 1. The Bertz CT molecular complexity index is 1160. The smallest absolute Gasteiger partial charge is 0.338 e. The van der Waals surface area contributed by atoms with Crippen LogP contribution in [0.2, 0.25) is 0 Å². The average molecular weight is 436 g/mol. The summed E-state index contributed by atoms with van der Waals surface area (Å²) in [6.07, 6.45) is 1.50. The molecule has 0 fully saturated rings. The van der Waals surface area contributed by atoms with Gasteiger partial charge in [-0.1, -0.05) is 26.0 Å². The topological polar surface area (TPSA) is 108 Å². The van der Waals surface area contributed by atoms with Crippen molar-refractivity contribution in [3.63, 3.8) is 0 Å². The zero-order chi connectivity index (χ0) is 22.1. The van der Waals surface area contributed by atoms with Gasteiger partial charge in [0.15, 0.2) is 5.84 Å². The highest BCUT2D eigenvalue weighted by molar-refractivity contribution is 8.27. The van der Waals surface area contributed by atoms with Crippen LogP contribution in [0.25, 0.3) is 17.4 Å². The second-order valence-corrected chi connectivity index (χ2v) is 8.10. The molecule has 0 atom stereocenters. The minimum Gasteiger partial charge on any atom is -0.462 e. The first-order chi connectivity index (χ1) is 14.9. The van der Waals surface area contributed by atoms with Gasteiger partial charge in [-0.05, 0) is 49.0 Å². The van der Waals surface area contributed by atoms with Gasteiger partial charge in [0, 0.05) is 11.5 Å². The van der Waals surface area contributed by atoms with Crippen molar-refractivity contribution in [3.8, 4) is 11.3 Å². The number of hydrogen-bond donors (Lipinski definition) is 1. The molecule has 1 N–H and O–H groups in total. The number of carbonyl (C=O) groups excluding carboxylic acids is 2. The van der Waals surface area contributed by atoms with Gasteiger partial charge in [0.05, 0.1) is 17.7 Å². The van der Waals surface area contributed by atoms with Gasteiger partial charge in [0.1, 0.15) is 16.6 Å². The van der Waals surface area contributed by atoms with Gasteiger partial charge < -0.3 is 9.15 Å². The molecule has 0 radical (unpaired) electrons. The molecule has 2 aromatic rings. The molecule has 1 amide bonds. The standard InChI is InChI=1S/C22H20N4O4S/c1-4-29-21(28)14-7-5-13(6-8-14)17-10-9-15(30-17)11-16-18(23)26-22(24-19(16)27)31-20(25-26)12(2)3/h5-12,23H,4H2,1-3H3. The van der Waals surface area contributed by atoms with Crippen molar-refractivity contribution in [2.24, 2.45) is 16.0 Å². The van der Waals surface area contributed by atoms with E-state index < -0.39 is 5.91 Å². The van der Waals surface area contributed by atoms with E-state index in [1.165, 1.54) is 22.8 Å². The average Bonchev–Trinajstić information content (AvgIpc) is 3.39. The van der Waals surface area contributed by atoms with Gasteiger partial charge in [0.25, 0.3) is 5.91 Å². The minimum atomic E-state index is -0.499. The summed E-state index contributed by atoms with van der Waals surface area (Å²) in [6.45, 7) is 6.07. The van der Waals surface area contributed by atoms with Crippen molar-refractivity contribution >= 4 is 45.8 Å². The molecule has 2 aliphatic rings. The van der Waals surface area contributed by atoms with Crippen molar-refractivity contribution in [1.29, 1.82) is 5.41 Å². The lowest BCUT2D eigenvalue weighted by atomic mass is 10.1. The summed E-state index contributed by atoms with van der Waals surface area (Å²) in [6, 6.07) is 10.3. The molecule has 1 aromatic carbocycles. The Balaban J connectivity index is 1.57. The summed E-state index contributed by atoms with van der Waals surface area (Å²) in [5.74, 6) is 0.248. The third-order valence-electron chi connectivity index (χ3n) is 4.56. The van der Waals surface area contributed by atoms with Crippen LogP contribution in [0.15, 0.2) is 56.5 Å². The first kappa shape index (κ1) is 20.8. The maximum absolute atomic E-state index is 12.5. The van der Waals surface area contributed by atoms with Crippen molar-refractivity contribution in [2.45, 2.75) is 20.8 Å². The molecule has 2 aliphatic heterocycles. The number of hydrazone groups is 1. The van der Waals surface area contributed by atoms with Gasteiger partial charge in [-0.15, -0.1) is 0 Å². The first-order valence-electron chi connectivity index (χ1n) is 9.75. The van der Waals surface area contributed by atoms with Crippen molar-refractivity contribution in [2.75, 3.05) is 6.61 Å². The van der Waals surface area contributed by atoms with Crippen LogP contribution in [-0.2, 0) is 9.53 Å². The number of amidine groups is 2. The zero-order valence-electron chi connectivity index (χ0n) is 17.2. The number of nitrogens with zero attached hydrogens (tertiary/aromatic N) is 3. The van der Waals surface area contributed by atoms with Crippen LogP contribution < -0.4 is 0 Å². The number of fused-ring (bicyclic) bond motifs is 1. The Morgan fingerprint density at radius 3 is 2.68 bits per heavy atom. The number of carbonyl (C=O) groups is 2. The molecule has 4 rings (SSSR count). The summed E-state index contributed by atoms with van der Waals surface area (Å²) < 4.78 is 10.8. The Morgan fingerprint density at radius 2 is 2.00 bits per heavy atom. The summed E-state index contributed by atoms with van der Waals surface area (Å²) in [5, 5.41) is 15.4. The summed E-state index contributed by atoms with van der Waals surface area (Å²) in [5.41, 5.74) is 1.33. The number of thioether (sulfide) groups is 1. The first-order valence-corrected chi connectivity index (χ1v) is 10.6. The lowest BCUT2D eigenvalue weighted by Crippen LogP contribution is -2.35. The normalized spacial score (nSPS) is 17.2. The second kappa shape index (κ2) is 8.35. The molecule has 31 heavy (non-hydrogen) atoms. The van der Waals surface area contributed by atoms with E-state index in [2.05, 4.69) is 10.1 Å². The van der Waals surface area contributed by atoms with E-state index in [0.29, 0.717) is 28.9 Å². The van der Waals surface area contributed by atoms with Crippen LogP contribution in [-0.4, -0.2) is 39.5 Å². The zero-order valence-corrected chi connectivity index (χ0v) is 18.0. The predicted molar refractivity (Wildman–Crippen MR) is 120 cm³/mol. The van der Waals surface area contributed by atoms with Crippen molar-refractivity contribution in [1.82, 2.24) is 5.01 Å². The lowest BCUT2D eigenvalue weighted by Gasteiger charge is -2.19. The molecule has 0 spiro atoms. The van der Waals surface area contributed by atoms with Gasteiger partial charge in [-0.25, -0.2) is 4.79 Å². The Morgan fingerprint density at radius 1 is 1.26 bits per heavy atom. The quantitative estimate of drug-likeness (QED) is 0.550. The molecule has 0 unspecified atom stereocenters. The monoisotopic (exact) mass is 436 g/mol. The Labute approximate surface area is 183 Å². The molecule has 158 valence electrons. The van der Waals surface area contributed by atoms with Crippen LogP contribution in [0.4, 0.5) is 0 Å². The van der Waals surface area contributed by atoms with Crippen molar-refractivity contribution < 1.29 is 18.7 Å². The van der Waals surface area contributed by atoms with Gasteiger partial charge in [-0.3, -0.25) is 10.2 Å². The van der Waals surface area contributed by atoms with Crippen LogP contribution in [0.1, 0.15) is 36.9 Å². The molecule has 0 saturated carbocycles. The highest BCUT2D eigenvalue weighted by Gasteiger charge is 2.36. The fourth-order valence-corrected chi connectivity index (χ4v) is 3.85. The molecular weight excluding hydrogens is 416 g/mol. The fraction of sp³-hybridized carbons (Fsp3) is 0.227. The largest absolute Gasteiger partial charge is 0.462 e. The van der Waals surface area contributed by atoms with Crippen LogP contribution in [0, 0.1) is 11.3 Å². The SMILES string of the molecule is CCOC(=O)c1ccc(-c2ccc(C=C3C(=N)N4N=C(C(C)C)SC4=NC3=O)o2)cc1. The Kier molecular flexibility index (Phi) is 5.60. The second-order valence-electron chi connectivity index (χ2n) is 7.11. The number of aliphatic imine (C=N–C) groups is 1. The molecule has 3 heterocycles. The van der Waals surface area contributed by atoms with E-state index in [-0.39, 0.29) is 23.3 Å². The van der Waals surface area contributed by atoms with Gasteiger partial charge in [0.2, 0.25) is 5.17 Å². The third-order valence-corrected chi connectivity index (χ3v) is 5.77. The number of furan rings is 1. The molecule has 0 saturated heterocycles. The fourth-order valence-electron chi connectivity index (χ4n) is 2.95. The minimum absolute atomic E-state index is 0.0325. The molecule has 9 heteroatoms. The highest BCUT2D eigenvalue weighted by Crippen LogP contribution is 2.31. The summed E-state index contributed by atoms with van der Waals surface area (Å²) in [7, 11) is 0. The number of hydrogen-bond acceptors (Lipinski definition) is 7. The van der Waals surface area contributed by atoms with Gasteiger partial charge >= 0.3 is 5.97 Å². The highest BCUT2D eigenvalue weighted by atomic mass is 32.2. The predicted octanol–water partition coefficient (Wildman–Crippen LogP) is 4.40. The maximum Gasteiger partial charge on any atom is 0.338 e. The van der Waals surface area contributed by atoms with Crippen molar-refractivity contribution in [3.05, 3.63) is 53.3 Å². The lowest BCUT2D eigenvalue weighted by molar-refractivity contribution is -0.114. The van der Waals surface area contributed by atoms with E-state index >= 15 is 0 Å². The van der Waals surface area contributed by atoms with E-state index in [1.807, 2.05) is 13.8 Å². The number of ether oxygens (including phenoxy) is 1. The molecular formula is C22H20N4O4S. The molecule has 1 aromatic heterocycles. The van der Waals surface area contributed by atoms with E-state index in [0.717, 1.165) is 10.6 Å². The summed E-state index contributed by atoms with van der Waals surface area (Å²) in [4.78, 5) is 28.3. The molecule has 0 bridgehead atoms. The van der Waals surface area contributed by atoms with Crippen LogP contribution >= 0.6 is 11.8 Å².